The monoisotopic (exact) mass is 451 g/mol. The van der Waals surface area contributed by atoms with E-state index in [2.05, 4.69) is 0 Å². The summed E-state index contributed by atoms with van der Waals surface area (Å²) in [6.45, 7) is 8.05. The molecule has 2 aromatic carbocycles. The number of amides is 1. The molecule has 0 N–H and O–H groups in total. The largest absolute Gasteiger partial charge is 0.333 e. The van der Waals surface area contributed by atoms with Crippen LogP contribution in [0.4, 0.5) is 5.69 Å². The summed E-state index contributed by atoms with van der Waals surface area (Å²) in [7, 11) is 0. The Balaban J connectivity index is 2.03. The first-order valence-electron chi connectivity index (χ1n) is 9.59. The van der Waals surface area contributed by atoms with Crippen molar-refractivity contribution >= 4 is 52.1 Å². The maximum absolute atomic E-state index is 13.3. The highest BCUT2D eigenvalue weighted by Crippen LogP contribution is 2.40. The van der Waals surface area contributed by atoms with Gasteiger partial charge in [0.2, 0.25) is 0 Å². The van der Waals surface area contributed by atoms with E-state index in [0.29, 0.717) is 32.9 Å². The van der Waals surface area contributed by atoms with Crippen molar-refractivity contribution < 1.29 is 4.79 Å². The summed E-state index contributed by atoms with van der Waals surface area (Å²) >= 11 is 18.6. The number of hydrogen-bond acceptors (Lipinski definition) is 3. The third kappa shape index (κ3) is 4.71. The first-order chi connectivity index (χ1) is 13.7. The van der Waals surface area contributed by atoms with E-state index in [0.717, 1.165) is 5.56 Å². The first-order valence-corrected chi connectivity index (χ1v) is 10.7. The summed E-state index contributed by atoms with van der Waals surface area (Å²) in [4.78, 5) is 15.1. The fraction of sp³-hybridized carbons (Fsp3) is 0.364. The summed E-state index contributed by atoms with van der Waals surface area (Å²) < 4.78 is 0. The van der Waals surface area contributed by atoms with Gasteiger partial charge in [-0.3, -0.25) is 9.80 Å². The van der Waals surface area contributed by atoms with Gasteiger partial charge in [-0.15, -0.1) is 0 Å². The highest BCUT2D eigenvalue weighted by Gasteiger charge is 2.36. The maximum Gasteiger partial charge on any atom is 0.270 e. The van der Waals surface area contributed by atoms with Crippen molar-refractivity contribution in [2.24, 2.45) is 5.10 Å². The molecule has 1 aliphatic rings. The smallest absolute Gasteiger partial charge is 0.270 e. The van der Waals surface area contributed by atoms with Gasteiger partial charge in [0.25, 0.3) is 5.91 Å². The number of benzene rings is 2. The highest BCUT2D eigenvalue weighted by molar-refractivity contribution is 6.40. The van der Waals surface area contributed by atoms with Crippen molar-refractivity contribution in [2.75, 3.05) is 5.01 Å². The van der Waals surface area contributed by atoms with Crippen LogP contribution in [0.5, 0.6) is 0 Å². The van der Waals surface area contributed by atoms with Gasteiger partial charge in [-0.1, -0.05) is 46.9 Å². The SMILES string of the molecule is CC(C)N(C(=O)C1=NN(c2ccc(Cl)cc2Cl)C(c2ccc(Cl)cc2)C1)C(C)C. The molecule has 0 saturated carbocycles. The Morgan fingerprint density at radius 1 is 1.00 bits per heavy atom. The quantitative estimate of drug-likeness (QED) is 0.512. The summed E-state index contributed by atoms with van der Waals surface area (Å²) in [5.74, 6) is -0.0541. The van der Waals surface area contributed by atoms with Gasteiger partial charge >= 0.3 is 0 Å². The van der Waals surface area contributed by atoms with E-state index in [1.807, 2.05) is 67.9 Å². The van der Waals surface area contributed by atoms with Gasteiger partial charge in [0.05, 0.1) is 16.8 Å². The van der Waals surface area contributed by atoms with E-state index < -0.39 is 0 Å². The van der Waals surface area contributed by atoms with Crippen LogP contribution in [0.3, 0.4) is 0 Å². The van der Waals surface area contributed by atoms with Crippen LogP contribution in [0.2, 0.25) is 15.1 Å². The molecular formula is C22H24Cl3N3O. The first kappa shape index (κ1) is 21.9. The van der Waals surface area contributed by atoms with Crippen molar-refractivity contribution in [1.29, 1.82) is 0 Å². The zero-order chi connectivity index (χ0) is 21.3. The molecule has 1 amide bonds. The lowest BCUT2D eigenvalue weighted by Gasteiger charge is -2.30. The molecule has 0 saturated heterocycles. The van der Waals surface area contributed by atoms with Crippen molar-refractivity contribution in [3.8, 4) is 0 Å². The van der Waals surface area contributed by atoms with Crippen molar-refractivity contribution in [2.45, 2.75) is 52.2 Å². The Kier molecular flexibility index (Phi) is 6.77. The molecule has 0 bridgehead atoms. The van der Waals surface area contributed by atoms with Gasteiger partial charge in [-0.25, -0.2) is 0 Å². The summed E-state index contributed by atoms with van der Waals surface area (Å²) in [6.07, 6.45) is 0.482. The van der Waals surface area contributed by atoms with E-state index in [1.54, 1.807) is 12.1 Å². The van der Waals surface area contributed by atoms with E-state index in [1.165, 1.54) is 0 Å². The molecule has 1 unspecified atom stereocenters. The molecule has 1 heterocycles. The number of hydrogen-bond donors (Lipinski definition) is 0. The molecule has 2 aromatic rings. The van der Waals surface area contributed by atoms with E-state index >= 15 is 0 Å². The number of rotatable bonds is 5. The number of carbonyl (C=O) groups is 1. The molecule has 29 heavy (non-hydrogen) atoms. The fourth-order valence-corrected chi connectivity index (χ4v) is 4.31. The van der Waals surface area contributed by atoms with Crippen LogP contribution in [0.25, 0.3) is 0 Å². The van der Waals surface area contributed by atoms with Crippen molar-refractivity contribution in [1.82, 2.24) is 4.90 Å². The van der Waals surface area contributed by atoms with Gasteiger partial charge in [0.1, 0.15) is 5.71 Å². The molecule has 154 valence electrons. The molecule has 4 nitrogen and oxygen atoms in total. The predicted molar refractivity (Wildman–Crippen MR) is 122 cm³/mol. The second-order valence-corrected chi connectivity index (χ2v) is 8.94. The normalized spacial score (nSPS) is 16.5. The molecule has 0 aliphatic carbocycles. The van der Waals surface area contributed by atoms with E-state index in [4.69, 9.17) is 39.9 Å². The fourth-order valence-electron chi connectivity index (χ4n) is 3.69. The zero-order valence-corrected chi connectivity index (χ0v) is 19.1. The molecule has 0 radical (unpaired) electrons. The van der Waals surface area contributed by atoms with E-state index in [9.17, 15) is 4.79 Å². The molecule has 0 spiro atoms. The second kappa shape index (κ2) is 8.95. The van der Waals surface area contributed by atoms with Crippen molar-refractivity contribution in [3.63, 3.8) is 0 Å². The topological polar surface area (TPSA) is 35.9 Å². The predicted octanol–water partition coefficient (Wildman–Crippen LogP) is 6.60. The Labute approximate surface area is 187 Å². The summed E-state index contributed by atoms with van der Waals surface area (Å²) in [6, 6.07) is 12.9. The lowest BCUT2D eigenvalue weighted by Crippen LogP contribution is -2.45. The van der Waals surface area contributed by atoms with Crippen LogP contribution in [-0.2, 0) is 4.79 Å². The number of carbonyl (C=O) groups excluding carboxylic acids is 1. The Morgan fingerprint density at radius 3 is 2.14 bits per heavy atom. The minimum Gasteiger partial charge on any atom is -0.333 e. The number of anilines is 1. The van der Waals surface area contributed by atoms with Crippen LogP contribution in [0.15, 0.2) is 47.6 Å². The average Bonchev–Trinajstić information content (AvgIpc) is 3.06. The molecule has 0 aromatic heterocycles. The summed E-state index contributed by atoms with van der Waals surface area (Å²) in [5.41, 5.74) is 2.23. The Hall–Kier alpha value is -1.75. The number of hydrazone groups is 1. The molecule has 7 heteroatoms. The van der Waals surface area contributed by atoms with Crippen LogP contribution in [0.1, 0.15) is 45.7 Å². The average molecular weight is 453 g/mol. The maximum atomic E-state index is 13.3. The number of nitrogens with zero attached hydrogens (tertiary/aromatic N) is 3. The zero-order valence-electron chi connectivity index (χ0n) is 16.9. The number of halogens is 3. The van der Waals surface area contributed by atoms with Gasteiger partial charge in [0, 0.05) is 28.5 Å². The van der Waals surface area contributed by atoms with E-state index in [-0.39, 0.29) is 24.0 Å². The van der Waals surface area contributed by atoms with Crippen molar-refractivity contribution in [3.05, 3.63) is 63.1 Å². The van der Waals surface area contributed by atoms with Gasteiger partial charge in [-0.05, 0) is 63.6 Å². The Morgan fingerprint density at radius 2 is 1.59 bits per heavy atom. The summed E-state index contributed by atoms with van der Waals surface area (Å²) in [5, 5.41) is 8.22. The molecule has 0 fully saturated rings. The van der Waals surface area contributed by atoms with Crippen LogP contribution in [-0.4, -0.2) is 28.6 Å². The van der Waals surface area contributed by atoms with Gasteiger partial charge < -0.3 is 4.90 Å². The Bertz CT molecular complexity index is 917. The molecule has 1 atom stereocenters. The van der Waals surface area contributed by atoms with Crippen LogP contribution < -0.4 is 5.01 Å². The third-order valence-electron chi connectivity index (χ3n) is 4.92. The van der Waals surface area contributed by atoms with Crippen LogP contribution >= 0.6 is 34.8 Å². The second-order valence-electron chi connectivity index (χ2n) is 7.66. The van der Waals surface area contributed by atoms with Gasteiger partial charge in [0.15, 0.2) is 0 Å². The lowest BCUT2D eigenvalue weighted by atomic mass is 10.0. The van der Waals surface area contributed by atoms with Gasteiger partial charge in [-0.2, -0.15) is 5.10 Å². The minimum absolute atomic E-state index is 0.0541. The molecule has 3 rings (SSSR count). The molecule has 1 aliphatic heterocycles. The highest BCUT2D eigenvalue weighted by atomic mass is 35.5. The standard InChI is InChI=1S/C22H24Cl3N3O/c1-13(2)27(14(3)4)22(29)19-12-21(15-5-7-16(23)8-6-15)28(26-19)20-10-9-17(24)11-18(20)25/h5-11,13-14,21H,12H2,1-4H3. The minimum atomic E-state index is -0.161. The third-order valence-corrected chi connectivity index (χ3v) is 5.71. The lowest BCUT2D eigenvalue weighted by molar-refractivity contribution is -0.127. The molecular weight excluding hydrogens is 429 g/mol. The van der Waals surface area contributed by atoms with Crippen LogP contribution in [0, 0.1) is 0 Å².